The fourth-order valence-corrected chi connectivity index (χ4v) is 15.5. The standard InChI is InChI=1S/C16H18O8.C15H18O6.C13H16O6.C13H18O5.C12H16O5/c1-6(2)14(18)22-5-9(17)23-12-7-4-8-11(10(7)15(19)21-3)16(20)24-13(8)12;1-6(2)13(16)20-5-9-7-4-8-11(10(7)14(17)19-3)15(18)21-12(8)9;1-6(2)12(14)17-4-3-16-10-8-5-7-9(18-8)11(10)19-13(7)15;1-8(2)13(15)16-6-5-12(14)18-11-7-9-3-4-10(11)17-9;1-7(2)12(14)15-6-11(13)17-10-5-8-3-4-9(10)16-8/h7-8,10-13H,1,4-5H2,2-3H3;7-12H,1,4-5H2,2-3H3;7-11H,1,3-5H2,2H3;9-11H,1,3-7H2,2H3;8-10H,1,3-6H2,2H3. The van der Waals surface area contributed by atoms with E-state index in [-0.39, 0.29) is 183 Å². The first kappa shape index (κ1) is 74.9. The Morgan fingerprint density at radius 1 is 0.424 bits per heavy atom. The molecule has 4 aliphatic carbocycles. The molecule has 0 aromatic carbocycles. The van der Waals surface area contributed by atoms with E-state index in [9.17, 15) is 62.3 Å². The minimum Gasteiger partial charge on any atom is -0.469 e. The SMILES string of the molecule is C=C(C)C(=O)OCC(=O)OC1C2CC3C1OC(=O)C3C2C(=O)OC.C=C(C)C(=O)OCC(=O)OC1CC2CCC1O2.C=C(C)C(=O)OCC1C2CC3C1OC(=O)C3C2C(=O)OC.C=C(C)C(=O)OCCC(=O)OC1CC2CCC1O2.C=C(C)C(=O)OCCOC1C2CC3C(=O)OC1C3O2. The van der Waals surface area contributed by atoms with Crippen molar-refractivity contribution in [3.63, 3.8) is 0 Å². The molecule has 9 saturated heterocycles. The maximum atomic E-state index is 12.0. The van der Waals surface area contributed by atoms with Crippen molar-refractivity contribution in [2.24, 2.45) is 59.2 Å². The van der Waals surface area contributed by atoms with Gasteiger partial charge < -0.3 is 80.5 Å². The van der Waals surface area contributed by atoms with Gasteiger partial charge in [0.05, 0.1) is 94.0 Å². The molecule has 30 heteroatoms. The van der Waals surface area contributed by atoms with Crippen molar-refractivity contribution in [2.75, 3.05) is 53.9 Å². The molecule has 4 saturated carbocycles. The summed E-state index contributed by atoms with van der Waals surface area (Å²) in [6, 6.07) is 0. The van der Waals surface area contributed by atoms with Crippen molar-refractivity contribution in [3.8, 4) is 0 Å². The number of carbonyl (C=O) groups excluding carboxylic acids is 13. The lowest BCUT2D eigenvalue weighted by Gasteiger charge is -2.29. The van der Waals surface area contributed by atoms with Crippen molar-refractivity contribution in [1.82, 2.24) is 0 Å². The van der Waals surface area contributed by atoms with Gasteiger partial charge in [-0.05, 0) is 85.5 Å². The van der Waals surface area contributed by atoms with E-state index in [0.717, 1.165) is 44.9 Å². The molecule has 99 heavy (non-hydrogen) atoms. The van der Waals surface area contributed by atoms with Gasteiger partial charge in [0.1, 0.15) is 55.9 Å². The highest BCUT2D eigenvalue weighted by Gasteiger charge is 2.71. The van der Waals surface area contributed by atoms with E-state index < -0.39 is 90.3 Å². The van der Waals surface area contributed by atoms with Crippen molar-refractivity contribution >= 4 is 77.6 Å². The third-order valence-corrected chi connectivity index (χ3v) is 19.9. The van der Waals surface area contributed by atoms with Gasteiger partial charge in [0, 0.05) is 64.4 Å². The second-order valence-corrected chi connectivity index (χ2v) is 26.9. The Balaban J connectivity index is 0.000000145. The van der Waals surface area contributed by atoms with Crippen LogP contribution in [0, 0.1) is 59.2 Å². The molecular weight excluding hydrogens is 1310 g/mol. The number of carbonyl (C=O) groups is 13. The number of esters is 13. The molecule has 9 aliphatic heterocycles. The smallest absolute Gasteiger partial charge is 0.344 e. The molecule has 0 radical (unpaired) electrons. The highest BCUT2D eigenvalue weighted by molar-refractivity contribution is 5.91. The van der Waals surface area contributed by atoms with E-state index in [1.807, 2.05) is 0 Å². The summed E-state index contributed by atoms with van der Waals surface area (Å²) in [6.45, 7) is 24.7. The first-order valence-electron chi connectivity index (χ1n) is 33.1. The zero-order valence-corrected chi connectivity index (χ0v) is 56.4. The zero-order valence-electron chi connectivity index (χ0n) is 56.4. The zero-order chi connectivity index (χ0) is 72.0. The van der Waals surface area contributed by atoms with Crippen LogP contribution in [0.1, 0.15) is 98.8 Å². The van der Waals surface area contributed by atoms with Crippen molar-refractivity contribution in [2.45, 2.75) is 178 Å². The number of hydrogen-bond donors (Lipinski definition) is 0. The number of methoxy groups -OCH3 is 2. The average Bonchev–Trinajstić information content (AvgIpc) is 1.56. The van der Waals surface area contributed by atoms with Gasteiger partial charge in [-0.2, -0.15) is 0 Å². The fraction of sp³-hybridized carbons (Fsp3) is 0.667. The Labute approximate surface area is 570 Å². The van der Waals surface area contributed by atoms with Gasteiger partial charge in [-0.25, -0.2) is 33.6 Å². The summed E-state index contributed by atoms with van der Waals surface area (Å²) in [5, 5.41) is 0. The molecule has 23 atom stereocenters. The van der Waals surface area contributed by atoms with E-state index in [1.165, 1.54) is 28.1 Å². The Morgan fingerprint density at radius 2 is 0.879 bits per heavy atom. The first-order chi connectivity index (χ1) is 47.0. The summed E-state index contributed by atoms with van der Waals surface area (Å²) in [5.74, 6) is -8.87. The van der Waals surface area contributed by atoms with Gasteiger partial charge in [0.25, 0.3) is 0 Å². The van der Waals surface area contributed by atoms with Crippen LogP contribution in [0.15, 0.2) is 60.8 Å². The van der Waals surface area contributed by atoms with Crippen LogP contribution in [0.3, 0.4) is 0 Å². The Kier molecular flexibility index (Phi) is 24.4. The molecule has 0 amide bonds. The largest absolute Gasteiger partial charge is 0.469 e. The molecule has 0 aromatic rings. The minimum absolute atomic E-state index is 0.0261. The van der Waals surface area contributed by atoms with Crippen molar-refractivity contribution in [1.29, 1.82) is 0 Å². The highest BCUT2D eigenvalue weighted by atomic mass is 16.7. The summed E-state index contributed by atoms with van der Waals surface area (Å²) in [4.78, 5) is 150. The van der Waals surface area contributed by atoms with Crippen LogP contribution in [0.4, 0.5) is 0 Å². The molecule has 0 aromatic heterocycles. The van der Waals surface area contributed by atoms with Crippen LogP contribution >= 0.6 is 0 Å². The van der Waals surface area contributed by atoms with E-state index in [2.05, 4.69) is 32.9 Å². The van der Waals surface area contributed by atoms with Gasteiger partial charge in [-0.15, -0.1) is 0 Å². The normalized spacial score (nSPS) is 34.7. The number of rotatable bonds is 23. The fourth-order valence-electron chi connectivity index (χ4n) is 15.5. The molecule has 0 N–H and O–H groups in total. The van der Waals surface area contributed by atoms with E-state index in [1.54, 1.807) is 20.8 Å². The van der Waals surface area contributed by atoms with E-state index in [4.69, 9.17) is 80.5 Å². The Morgan fingerprint density at radius 3 is 1.38 bits per heavy atom. The minimum atomic E-state index is -0.759. The highest BCUT2D eigenvalue weighted by Crippen LogP contribution is 2.61. The van der Waals surface area contributed by atoms with Crippen LogP contribution in [0.25, 0.3) is 0 Å². The van der Waals surface area contributed by atoms with Crippen LogP contribution in [-0.2, 0) is 143 Å². The third-order valence-electron chi connectivity index (χ3n) is 19.9. The number of hydrogen-bond acceptors (Lipinski definition) is 30. The molecule has 13 aliphatic rings. The van der Waals surface area contributed by atoms with Gasteiger partial charge in [-0.3, -0.25) is 28.8 Å². The summed E-state index contributed by atoms with van der Waals surface area (Å²) in [5.41, 5.74) is 1.44. The summed E-state index contributed by atoms with van der Waals surface area (Å²) in [7, 11) is 2.58. The van der Waals surface area contributed by atoms with Crippen LogP contribution in [0.2, 0.25) is 0 Å². The van der Waals surface area contributed by atoms with Gasteiger partial charge in [0.15, 0.2) is 19.3 Å². The molecular formula is C69H86O30. The molecule has 13 fully saturated rings. The number of ether oxygens (including phenoxy) is 17. The third kappa shape index (κ3) is 16.9. The predicted molar refractivity (Wildman–Crippen MR) is 329 cm³/mol. The summed E-state index contributed by atoms with van der Waals surface area (Å²) in [6.07, 6.45) is 5.61. The molecule has 23 unspecified atom stereocenters. The first-order valence-corrected chi connectivity index (χ1v) is 33.1. The topological polar surface area (TPSA) is 379 Å². The second-order valence-electron chi connectivity index (χ2n) is 26.9. The maximum absolute atomic E-state index is 12.0. The monoisotopic (exact) mass is 1390 g/mol. The Hall–Kier alpha value is -8.35. The average molecular weight is 1400 g/mol. The second kappa shape index (κ2) is 32.3. The lowest BCUT2D eigenvalue weighted by molar-refractivity contribution is -0.171. The maximum Gasteiger partial charge on any atom is 0.344 e. The van der Waals surface area contributed by atoms with E-state index in [0.29, 0.717) is 29.6 Å². The quantitative estimate of drug-likeness (QED) is 0.0613. The van der Waals surface area contributed by atoms with Gasteiger partial charge in [0.2, 0.25) is 0 Å². The molecule has 13 rings (SSSR count). The van der Waals surface area contributed by atoms with Crippen molar-refractivity contribution in [3.05, 3.63) is 60.8 Å². The number of fused-ring (bicyclic) bond motifs is 7. The predicted octanol–water partition coefficient (Wildman–Crippen LogP) is 3.23. The molecule has 0 spiro atoms. The van der Waals surface area contributed by atoms with Crippen LogP contribution < -0.4 is 0 Å². The molecule has 9 heterocycles. The van der Waals surface area contributed by atoms with Crippen molar-refractivity contribution < 1.29 is 143 Å². The van der Waals surface area contributed by atoms with E-state index >= 15 is 0 Å². The Bertz CT molecular complexity index is 3260. The molecule has 542 valence electrons. The molecule has 30 nitrogen and oxygen atoms in total. The van der Waals surface area contributed by atoms with Gasteiger partial charge in [-0.1, -0.05) is 32.9 Å². The van der Waals surface area contributed by atoms with Crippen LogP contribution in [-0.4, -0.2) is 211 Å². The lowest BCUT2D eigenvalue weighted by atomic mass is 9.74. The lowest BCUT2D eigenvalue weighted by Crippen LogP contribution is -2.44. The molecule has 10 bridgehead atoms. The van der Waals surface area contributed by atoms with Crippen LogP contribution in [0.5, 0.6) is 0 Å². The summed E-state index contributed by atoms with van der Waals surface area (Å²) >= 11 is 0. The van der Waals surface area contributed by atoms with Gasteiger partial charge >= 0.3 is 77.6 Å². The summed E-state index contributed by atoms with van der Waals surface area (Å²) < 4.78 is 88.3.